The number of fused-ring (bicyclic) bond motifs is 2. The van der Waals surface area contributed by atoms with Crippen LogP contribution in [0.1, 0.15) is 42.6 Å². The Morgan fingerprint density at radius 2 is 2.25 bits per heavy atom. The van der Waals surface area contributed by atoms with Crippen LogP contribution in [0.5, 0.6) is 0 Å². The first-order valence-electron chi connectivity index (χ1n) is 8.32. The van der Waals surface area contributed by atoms with Gasteiger partial charge in [0.15, 0.2) is 5.13 Å². The van der Waals surface area contributed by atoms with Crippen molar-refractivity contribution in [3.63, 3.8) is 0 Å². The van der Waals surface area contributed by atoms with Crippen LogP contribution in [-0.2, 0) is 4.79 Å². The first-order valence-corrected chi connectivity index (χ1v) is 9.20. The quantitative estimate of drug-likeness (QED) is 0.777. The number of amides is 2. The van der Waals surface area contributed by atoms with E-state index in [1.165, 1.54) is 37.0 Å². The van der Waals surface area contributed by atoms with Crippen LogP contribution in [0.2, 0.25) is 0 Å². The number of thiazole rings is 1. The lowest BCUT2D eigenvalue weighted by atomic mass is 9.86. The van der Waals surface area contributed by atoms with Crippen molar-refractivity contribution in [3.8, 4) is 11.3 Å². The van der Waals surface area contributed by atoms with E-state index in [0.717, 1.165) is 23.1 Å². The molecule has 0 saturated heterocycles. The molecule has 2 saturated carbocycles. The maximum absolute atomic E-state index is 12.3. The van der Waals surface area contributed by atoms with Crippen molar-refractivity contribution in [3.05, 3.63) is 23.3 Å². The summed E-state index contributed by atoms with van der Waals surface area (Å²) in [5.74, 6) is 1.70. The second kappa shape index (κ2) is 6.05. The van der Waals surface area contributed by atoms with Crippen LogP contribution < -0.4 is 11.1 Å². The van der Waals surface area contributed by atoms with Gasteiger partial charge in [-0.2, -0.15) is 0 Å². The van der Waals surface area contributed by atoms with Crippen LogP contribution >= 0.6 is 11.3 Å². The molecule has 2 aromatic heterocycles. The number of rotatable bonds is 5. The van der Waals surface area contributed by atoms with Crippen LogP contribution in [0.4, 0.5) is 5.13 Å². The summed E-state index contributed by atoms with van der Waals surface area (Å²) in [5, 5.41) is 5.37. The maximum atomic E-state index is 12.3. The van der Waals surface area contributed by atoms with Crippen molar-refractivity contribution < 1.29 is 9.59 Å². The molecule has 0 unspecified atom stereocenters. The highest BCUT2D eigenvalue weighted by Crippen LogP contribution is 2.49. The first kappa shape index (κ1) is 15.4. The van der Waals surface area contributed by atoms with Gasteiger partial charge in [-0.15, -0.1) is 11.3 Å². The number of aromatic amines is 1. The number of anilines is 1. The number of nitrogens with zero attached hydrogens (tertiary/aromatic N) is 1. The van der Waals surface area contributed by atoms with Crippen LogP contribution in [0.25, 0.3) is 11.3 Å². The van der Waals surface area contributed by atoms with Crippen molar-refractivity contribution in [2.75, 3.05) is 5.32 Å². The number of H-pyrrole nitrogens is 1. The van der Waals surface area contributed by atoms with Gasteiger partial charge in [0.2, 0.25) is 5.91 Å². The molecule has 2 aliphatic rings. The van der Waals surface area contributed by atoms with Gasteiger partial charge in [-0.25, -0.2) is 4.98 Å². The topological polar surface area (TPSA) is 101 Å². The average Bonchev–Trinajstić information content (AvgIpc) is 3.31. The van der Waals surface area contributed by atoms with Crippen LogP contribution in [-0.4, -0.2) is 21.8 Å². The van der Waals surface area contributed by atoms with Crippen LogP contribution in [0.3, 0.4) is 0 Å². The highest BCUT2D eigenvalue weighted by atomic mass is 32.1. The average molecular weight is 344 g/mol. The summed E-state index contributed by atoms with van der Waals surface area (Å²) in [7, 11) is 0. The second-order valence-corrected chi connectivity index (χ2v) is 7.75. The molecule has 0 radical (unpaired) electrons. The highest BCUT2D eigenvalue weighted by molar-refractivity contribution is 7.14. The maximum Gasteiger partial charge on any atom is 0.265 e. The molecule has 3 atom stereocenters. The molecule has 4 rings (SSSR count). The zero-order valence-electron chi connectivity index (χ0n) is 13.2. The van der Waals surface area contributed by atoms with Crippen molar-refractivity contribution in [1.82, 2.24) is 9.97 Å². The molecule has 4 N–H and O–H groups in total. The van der Waals surface area contributed by atoms with Crippen LogP contribution in [0.15, 0.2) is 17.6 Å². The van der Waals surface area contributed by atoms with Crippen molar-refractivity contribution >= 4 is 28.3 Å². The zero-order valence-corrected chi connectivity index (χ0v) is 14.1. The molecule has 2 heterocycles. The lowest BCUT2D eigenvalue weighted by molar-refractivity contribution is -0.117. The second-order valence-electron chi connectivity index (χ2n) is 6.89. The SMILES string of the molecule is NC(=O)c1cc(-c2csc(NC(=O)C[C@H]3C[C@H]4CC[C@H]3C4)n2)c[nH]1. The van der Waals surface area contributed by atoms with E-state index in [-0.39, 0.29) is 5.91 Å². The monoisotopic (exact) mass is 344 g/mol. The lowest BCUT2D eigenvalue weighted by Gasteiger charge is -2.20. The zero-order chi connectivity index (χ0) is 16.7. The molecule has 2 aromatic rings. The van der Waals surface area contributed by atoms with E-state index in [9.17, 15) is 9.59 Å². The molecule has 0 aromatic carbocycles. The number of aromatic nitrogens is 2. The Balaban J connectivity index is 1.37. The Labute approximate surface area is 143 Å². The van der Waals surface area contributed by atoms with E-state index in [0.29, 0.717) is 23.2 Å². The molecule has 2 bridgehead atoms. The number of hydrogen-bond donors (Lipinski definition) is 3. The predicted octanol–water partition coefficient (Wildman–Crippen LogP) is 3.00. The number of nitrogens with two attached hydrogens (primary N) is 1. The third-order valence-corrected chi connectivity index (χ3v) is 6.08. The number of nitrogens with one attached hydrogen (secondary N) is 2. The molecule has 0 spiro atoms. The molecular formula is C17H20N4O2S. The molecule has 0 aliphatic heterocycles. The van der Waals surface area contributed by atoms with E-state index < -0.39 is 5.91 Å². The highest BCUT2D eigenvalue weighted by Gasteiger charge is 2.40. The minimum absolute atomic E-state index is 0.0559. The van der Waals surface area contributed by atoms with Crippen molar-refractivity contribution in [1.29, 1.82) is 0 Å². The summed E-state index contributed by atoms with van der Waals surface area (Å²) >= 11 is 1.39. The van der Waals surface area contributed by atoms with Gasteiger partial charge in [0.25, 0.3) is 5.91 Å². The molecule has 126 valence electrons. The number of hydrogen-bond acceptors (Lipinski definition) is 4. The summed E-state index contributed by atoms with van der Waals surface area (Å²) in [6.07, 6.45) is 7.46. The summed E-state index contributed by atoms with van der Waals surface area (Å²) in [5.41, 5.74) is 7.09. The van der Waals surface area contributed by atoms with Crippen LogP contribution in [0, 0.1) is 17.8 Å². The van der Waals surface area contributed by atoms with E-state index in [2.05, 4.69) is 15.3 Å². The Bertz CT molecular complexity index is 781. The normalized spacial score (nSPS) is 25.1. The number of carbonyl (C=O) groups is 2. The predicted molar refractivity (Wildman–Crippen MR) is 92.6 cm³/mol. The number of carbonyl (C=O) groups excluding carboxylic acids is 2. The molecule has 2 aliphatic carbocycles. The van der Waals surface area contributed by atoms with Gasteiger partial charge in [0.1, 0.15) is 5.69 Å². The Kier molecular flexibility index (Phi) is 3.88. The van der Waals surface area contributed by atoms with Gasteiger partial charge in [-0.3, -0.25) is 9.59 Å². The Hall–Kier alpha value is -2.15. The van der Waals surface area contributed by atoms with E-state index in [1.54, 1.807) is 12.3 Å². The third-order valence-electron chi connectivity index (χ3n) is 5.33. The largest absolute Gasteiger partial charge is 0.364 e. The molecule has 2 amide bonds. The minimum Gasteiger partial charge on any atom is -0.364 e. The third kappa shape index (κ3) is 2.96. The number of primary amides is 1. The minimum atomic E-state index is -0.504. The molecule has 24 heavy (non-hydrogen) atoms. The van der Waals surface area contributed by atoms with Gasteiger partial charge < -0.3 is 16.0 Å². The summed E-state index contributed by atoms with van der Waals surface area (Å²) < 4.78 is 0. The molecular weight excluding hydrogens is 324 g/mol. The van der Waals surface area contributed by atoms with E-state index >= 15 is 0 Å². The van der Waals surface area contributed by atoms with Crippen molar-refractivity contribution in [2.24, 2.45) is 23.5 Å². The van der Waals surface area contributed by atoms with Gasteiger partial charge in [-0.1, -0.05) is 6.42 Å². The Morgan fingerprint density at radius 1 is 1.38 bits per heavy atom. The standard InChI is InChI=1S/C17H20N4O2S/c18-16(23)13-5-12(7-19-13)14-8-24-17(20-14)21-15(22)6-11-4-9-1-2-10(11)3-9/h5,7-11,19H,1-4,6H2,(H2,18,23)(H,20,21,22)/t9-,10-,11+/m0/s1. The van der Waals surface area contributed by atoms with E-state index in [4.69, 9.17) is 5.73 Å². The van der Waals surface area contributed by atoms with Gasteiger partial charge >= 0.3 is 0 Å². The summed E-state index contributed by atoms with van der Waals surface area (Å²) in [6, 6.07) is 1.66. The van der Waals surface area contributed by atoms with Gasteiger partial charge in [-0.05, 0) is 43.1 Å². The molecule has 7 heteroatoms. The smallest absolute Gasteiger partial charge is 0.265 e. The lowest BCUT2D eigenvalue weighted by Crippen LogP contribution is -2.20. The summed E-state index contributed by atoms with van der Waals surface area (Å²) in [4.78, 5) is 30.7. The molecule has 6 nitrogen and oxygen atoms in total. The fourth-order valence-electron chi connectivity index (χ4n) is 4.18. The molecule has 2 fully saturated rings. The first-order chi connectivity index (χ1) is 11.6. The summed E-state index contributed by atoms with van der Waals surface area (Å²) in [6.45, 7) is 0. The Morgan fingerprint density at radius 3 is 2.92 bits per heavy atom. The van der Waals surface area contributed by atoms with Gasteiger partial charge in [0.05, 0.1) is 5.69 Å². The fraction of sp³-hybridized carbons (Fsp3) is 0.471. The van der Waals surface area contributed by atoms with Gasteiger partial charge in [0, 0.05) is 23.6 Å². The van der Waals surface area contributed by atoms with E-state index in [1.807, 2.05) is 5.38 Å². The fourth-order valence-corrected chi connectivity index (χ4v) is 4.92. The van der Waals surface area contributed by atoms with Crippen molar-refractivity contribution in [2.45, 2.75) is 32.1 Å².